The van der Waals surface area contributed by atoms with E-state index in [9.17, 15) is 24.6 Å². The van der Waals surface area contributed by atoms with E-state index in [0.29, 0.717) is 18.4 Å². The highest BCUT2D eigenvalue weighted by molar-refractivity contribution is 6.20. The second-order valence-corrected chi connectivity index (χ2v) is 7.01. The molecule has 27 heavy (non-hydrogen) atoms. The maximum absolute atomic E-state index is 12.4. The Morgan fingerprint density at radius 2 is 1.63 bits per heavy atom. The molecule has 0 aliphatic heterocycles. The van der Waals surface area contributed by atoms with E-state index in [-0.39, 0.29) is 54.0 Å². The summed E-state index contributed by atoms with van der Waals surface area (Å²) in [6.07, 6.45) is 1.39. The zero-order valence-corrected chi connectivity index (χ0v) is 14.9. The molecular formula is C22H22O5. The zero-order chi connectivity index (χ0) is 19.4. The number of ketones is 3. The highest BCUT2D eigenvalue weighted by Crippen LogP contribution is 2.33. The summed E-state index contributed by atoms with van der Waals surface area (Å²) in [6, 6.07) is 13.7. The van der Waals surface area contributed by atoms with Crippen molar-refractivity contribution in [3.8, 4) is 11.5 Å². The standard InChI is InChI=1S/C22H22O5/c23-17-10-9-15(19(25)13-17)7-4-8-18(24)22-20(26)11-16(12-21(22)27)14-5-2-1-3-6-14/h1-3,5-6,9-10,13,16,22-23,25H,4,7-8,11-12H2. The largest absolute Gasteiger partial charge is 0.508 e. The van der Waals surface area contributed by atoms with Crippen molar-refractivity contribution in [2.75, 3.05) is 0 Å². The van der Waals surface area contributed by atoms with Crippen molar-refractivity contribution in [3.63, 3.8) is 0 Å². The van der Waals surface area contributed by atoms with Crippen LogP contribution >= 0.6 is 0 Å². The number of carbonyl (C=O) groups excluding carboxylic acids is 3. The first-order valence-corrected chi connectivity index (χ1v) is 9.09. The average Bonchev–Trinajstić information content (AvgIpc) is 2.63. The van der Waals surface area contributed by atoms with Crippen LogP contribution in [0.4, 0.5) is 0 Å². The van der Waals surface area contributed by atoms with E-state index < -0.39 is 5.92 Å². The van der Waals surface area contributed by atoms with E-state index >= 15 is 0 Å². The van der Waals surface area contributed by atoms with Gasteiger partial charge in [-0.25, -0.2) is 0 Å². The summed E-state index contributed by atoms with van der Waals surface area (Å²) in [6.45, 7) is 0. The number of phenols is 2. The first kappa shape index (κ1) is 18.8. The molecule has 0 heterocycles. The van der Waals surface area contributed by atoms with Crippen LogP contribution in [0.1, 0.15) is 42.7 Å². The molecule has 0 amide bonds. The lowest BCUT2D eigenvalue weighted by Gasteiger charge is -2.26. The van der Waals surface area contributed by atoms with Crippen LogP contribution in [0.3, 0.4) is 0 Å². The van der Waals surface area contributed by atoms with Gasteiger partial charge in [0, 0.05) is 25.3 Å². The Labute approximate surface area is 157 Å². The third-order valence-electron chi connectivity index (χ3n) is 5.07. The van der Waals surface area contributed by atoms with E-state index in [1.165, 1.54) is 12.1 Å². The second kappa shape index (κ2) is 8.16. The fourth-order valence-corrected chi connectivity index (χ4v) is 3.65. The van der Waals surface area contributed by atoms with E-state index in [1.807, 2.05) is 30.3 Å². The van der Waals surface area contributed by atoms with Gasteiger partial charge in [-0.2, -0.15) is 0 Å². The minimum absolute atomic E-state index is 0.0290. The number of Topliss-reactive ketones (excluding diaryl/α,β-unsaturated/α-hetero) is 3. The predicted molar refractivity (Wildman–Crippen MR) is 99.6 cm³/mol. The van der Waals surface area contributed by atoms with Crippen LogP contribution in [-0.4, -0.2) is 27.6 Å². The molecule has 1 fully saturated rings. The van der Waals surface area contributed by atoms with Crippen molar-refractivity contribution < 1.29 is 24.6 Å². The lowest BCUT2D eigenvalue weighted by Crippen LogP contribution is -2.38. The van der Waals surface area contributed by atoms with E-state index in [1.54, 1.807) is 6.07 Å². The molecule has 0 radical (unpaired) electrons. The minimum Gasteiger partial charge on any atom is -0.508 e. The second-order valence-electron chi connectivity index (χ2n) is 7.01. The third-order valence-corrected chi connectivity index (χ3v) is 5.07. The number of rotatable bonds is 6. The molecule has 5 heteroatoms. The van der Waals surface area contributed by atoms with E-state index in [0.717, 1.165) is 5.56 Å². The molecule has 2 N–H and O–H groups in total. The van der Waals surface area contributed by atoms with Crippen LogP contribution in [0.5, 0.6) is 11.5 Å². The van der Waals surface area contributed by atoms with Crippen LogP contribution in [-0.2, 0) is 20.8 Å². The van der Waals surface area contributed by atoms with E-state index in [4.69, 9.17) is 0 Å². The molecular weight excluding hydrogens is 344 g/mol. The van der Waals surface area contributed by atoms with Gasteiger partial charge in [0.25, 0.3) is 0 Å². The minimum atomic E-state index is -1.14. The van der Waals surface area contributed by atoms with Gasteiger partial charge in [0.15, 0.2) is 17.3 Å². The van der Waals surface area contributed by atoms with Gasteiger partial charge < -0.3 is 10.2 Å². The van der Waals surface area contributed by atoms with Gasteiger partial charge >= 0.3 is 0 Å². The quantitative estimate of drug-likeness (QED) is 0.765. The first-order valence-electron chi connectivity index (χ1n) is 9.09. The summed E-state index contributed by atoms with van der Waals surface area (Å²) in [5.74, 6) is -2.27. The van der Waals surface area contributed by atoms with Crippen molar-refractivity contribution in [2.45, 2.75) is 38.0 Å². The van der Waals surface area contributed by atoms with Crippen molar-refractivity contribution >= 4 is 17.3 Å². The molecule has 2 aromatic rings. The number of benzene rings is 2. The Balaban J connectivity index is 1.57. The molecule has 3 rings (SSSR count). The van der Waals surface area contributed by atoms with Crippen LogP contribution in [0.25, 0.3) is 0 Å². The van der Waals surface area contributed by atoms with Crippen LogP contribution in [0.15, 0.2) is 48.5 Å². The summed E-state index contributed by atoms with van der Waals surface area (Å²) >= 11 is 0. The average molecular weight is 366 g/mol. The molecule has 0 aromatic heterocycles. The fraction of sp³-hybridized carbons (Fsp3) is 0.318. The first-order chi connectivity index (χ1) is 13.0. The SMILES string of the molecule is O=C(CCCc1ccc(O)cc1O)C1C(=O)CC(c2ccccc2)CC1=O. The molecule has 140 valence electrons. The Morgan fingerprint density at radius 3 is 2.26 bits per heavy atom. The predicted octanol–water partition coefficient (Wildman–Crippen LogP) is 3.32. The smallest absolute Gasteiger partial charge is 0.151 e. The monoisotopic (exact) mass is 366 g/mol. The molecule has 0 spiro atoms. The molecule has 1 saturated carbocycles. The summed E-state index contributed by atoms with van der Waals surface area (Å²) in [5, 5.41) is 19.1. The lowest BCUT2D eigenvalue weighted by atomic mass is 9.74. The van der Waals surface area contributed by atoms with Crippen molar-refractivity contribution in [2.24, 2.45) is 5.92 Å². The van der Waals surface area contributed by atoms with Gasteiger partial charge in [-0.05, 0) is 36.0 Å². The van der Waals surface area contributed by atoms with Gasteiger partial charge in [0.2, 0.25) is 0 Å². The van der Waals surface area contributed by atoms with Crippen molar-refractivity contribution in [3.05, 3.63) is 59.7 Å². The third kappa shape index (κ3) is 4.42. The van der Waals surface area contributed by atoms with Gasteiger partial charge in [-0.1, -0.05) is 36.4 Å². The maximum Gasteiger partial charge on any atom is 0.151 e. The summed E-state index contributed by atoms with van der Waals surface area (Å²) in [7, 11) is 0. The number of aryl methyl sites for hydroxylation is 1. The summed E-state index contributed by atoms with van der Waals surface area (Å²) in [4.78, 5) is 37.3. The molecule has 0 bridgehead atoms. The van der Waals surface area contributed by atoms with Gasteiger partial charge in [-0.15, -0.1) is 0 Å². The molecule has 5 nitrogen and oxygen atoms in total. The molecule has 2 aromatic carbocycles. The summed E-state index contributed by atoms with van der Waals surface area (Å²) < 4.78 is 0. The van der Waals surface area contributed by atoms with Crippen molar-refractivity contribution in [1.82, 2.24) is 0 Å². The molecule has 0 atom stereocenters. The normalized spacial score (nSPS) is 19.9. The number of hydrogen-bond acceptors (Lipinski definition) is 5. The van der Waals surface area contributed by atoms with E-state index in [2.05, 4.69) is 0 Å². The summed E-state index contributed by atoms with van der Waals surface area (Å²) in [5.41, 5.74) is 1.57. The highest BCUT2D eigenvalue weighted by Gasteiger charge is 2.39. The Kier molecular flexibility index (Phi) is 5.69. The number of aromatic hydroxyl groups is 2. The van der Waals surface area contributed by atoms with Gasteiger partial charge in [0.1, 0.15) is 17.4 Å². The molecule has 0 saturated heterocycles. The maximum atomic E-state index is 12.4. The molecule has 1 aliphatic rings. The topological polar surface area (TPSA) is 91.7 Å². The Bertz CT molecular complexity index is 838. The fourth-order valence-electron chi connectivity index (χ4n) is 3.65. The number of hydrogen-bond donors (Lipinski definition) is 2. The zero-order valence-electron chi connectivity index (χ0n) is 14.9. The Hall–Kier alpha value is -2.95. The highest BCUT2D eigenvalue weighted by atomic mass is 16.3. The molecule has 1 aliphatic carbocycles. The molecule has 0 unspecified atom stereocenters. The van der Waals surface area contributed by atoms with Crippen molar-refractivity contribution in [1.29, 1.82) is 0 Å². The van der Waals surface area contributed by atoms with Crippen LogP contribution < -0.4 is 0 Å². The number of phenolic OH excluding ortho intramolecular Hbond substituents is 2. The van der Waals surface area contributed by atoms with Crippen LogP contribution in [0, 0.1) is 5.92 Å². The van der Waals surface area contributed by atoms with Gasteiger partial charge in [0.05, 0.1) is 0 Å². The Morgan fingerprint density at radius 1 is 0.963 bits per heavy atom. The van der Waals surface area contributed by atoms with Gasteiger partial charge in [-0.3, -0.25) is 14.4 Å². The van der Waals surface area contributed by atoms with Crippen LogP contribution in [0.2, 0.25) is 0 Å². The lowest BCUT2D eigenvalue weighted by molar-refractivity contribution is -0.142. The number of carbonyl (C=O) groups is 3.